The number of ether oxygens (including phenoxy) is 1. The van der Waals surface area contributed by atoms with Crippen molar-refractivity contribution in [3.05, 3.63) is 42.0 Å². The minimum Gasteiger partial charge on any atom is -0.496 e. The molecular weight excluding hydrogens is 260 g/mol. The molecule has 1 aliphatic heterocycles. The van der Waals surface area contributed by atoms with E-state index in [2.05, 4.69) is 53.7 Å². The SMILES string of the molecule is COc1ccc2ccccc2c1CNCC1CCCN1C. The van der Waals surface area contributed by atoms with Crippen molar-refractivity contribution in [2.24, 2.45) is 0 Å². The molecule has 21 heavy (non-hydrogen) atoms. The molecule has 1 saturated heterocycles. The molecule has 2 aromatic rings. The fraction of sp³-hybridized carbons (Fsp3) is 0.444. The van der Waals surface area contributed by atoms with E-state index in [1.165, 1.54) is 35.7 Å². The molecule has 0 aromatic heterocycles. The quantitative estimate of drug-likeness (QED) is 0.913. The van der Waals surface area contributed by atoms with Crippen LogP contribution in [0.15, 0.2) is 36.4 Å². The highest BCUT2D eigenvalue weighted by Gasteiger charge is 2.20. The van der Waals surface area contributed by atoms with Crippen molar-refractivity contribution in [3.8, 4) is 5.75 Å². The average molecular weight is 284 g/mol. The van der Waals surface area contributed by atoms with E-state index >= 15 is 0 Å². The number of fused-ring (bicyclic) bond motifs is 1. The summed E-state index contributed by atoms with van der Waals surface area (Å²) in [5, 5.41) is 6.17. The lowest BCUT2D eigenvalue weighted by Gasteiger charge is -2.20. The lowest BCUT2D eigenvalue weighted by Crippen LogP contribution is -2.35. The number of hydrogen-bond acceptors (Lipinski definition) is 3. The molecule has 0 saturated carbocycles. The van der Waals surface area contributed by atoms with Gasteiger partial charge in [-0.2, -0.15) is 0 Å². The normalized spacial score (nSPS) is 19.2. The predicted octanol–water partition coefficient (Wildman–Crippen LogP) is 3.03. The largest absolute Gasteiger partial charge is 0.496 e. The number of nitrogens with one attached hydrogen (secondary N) is 1. The fourth-order valence-corrected chi connectivity index (χ4v) is 3.29. The maximum Gasteiger partial charge on any atom is 0.123 e. The number of benzene rings is 2. The van der Waals surface area contributed by atoms with Gasteiger partial charge in [-0.05, 0) is 43.3 Å². The van der Waals surface area contributed by atoms with Crippen molar-refractivity contribution in [2.45, 2.75) is 25.4 Å². The number of rotatable bonds is 5. The van der Waals surface area contributed by atoms with Crippen LogP contribution in [0.2, 0.25) is 0 Å². The lowest BCUT2D eigenvalue weighted by molar-refractivity contribution is 0.299. The van der Waals surface area contributed by atoms with Crippen molar-refractivity contribution in [1.29, 1.82) is 0 Å². The van der Waals surface area contributed by atoms with Crippen molar-refractivity contribution >= 4 is 10.8 Å². The second-order valence-electron chi connectivity index (χ2n) is 5.88. The zero-order chi connectivity index (χ0) is 14.7. The van der Waals surface area contributed by atoms with Gasteiger partial charge in [-0.3, -0.25) is 0 Å². The second-order valence-corrected chi connectivity index (χ2v) is 5.88. The van der Waals surface area contributed by atoms with Gasteiger partial charge in [0.2, 0.25) is 0 Å². The third kappa shape index (κ3) is 3.04. The van der Waals surface area contributed by atoms with E-state index in [9.17, 15) is 0 Å². The number of nitrogens with zero attached hydrogens (tertiary/aromatic N) is 1. The predicted molar refractivity (Wildman–Crippen MR) is 87.9 cm³/mol. The Hall–Kier alpha value is -1.58. The summed E-state index contributed by atoms with van der Waals surface area (Å²) in [5.74, 6) is 0.973. The Morgan fingerprint density at radius 3 is 2.86 bits per heavy atom. The van der Waals surface area contributed by atoms with Crippen molar-refractivity contribution < 1.29 is 4.74 Å². The molecule has 112 valence electrons. The lowest BCUT2D eigenvalue weighted by atomic mass is 10.0. The van der Waals surface area contributed by atoms with E-state index in [0.29, 0.717) is 6.04 Å². The molecule has 1 atom stereocenters. The zero-order valence-electron chi connectivity index (χ0n) is 12.9. The van der Waals surface area contributed by atoms with Gasteiger partial charge in [0.05, 0.1) is 7.11 Å². The molecule has 3 heteroatoms. The monoisotopic (exact) mass is 284 g/mol. The molecular formula is C18H24N2O. The van der Waals surface area contributed by atoms with Crippen LogP contribution in [0.1, 0.15) is 18.4 Å². The maximum absolute atomic E-state index is 5.55. The number of methoxy groups -OCH3 is 1. The van der Waals surface area contributed by atoms with Crippen LogP contribution in [0.25, 0.3) is 10.8 Å². The van der Waals surface area contributed by atoms with E-state index in [1.807, 2.05) is 0 Å². The molecule has 1 N–H and O–H groups in total. The van der Waals surface area contributed by atoms with Crippen LogP contribution in [0, 0.1) is 0 Å². The summed E-state index contributed by atoms with van der Waals surface area (Å²) in [6, 6.07) is 13.4. The van der Waals surface area contributed by atoms with E-state index in [0.717, 1.165) is 18.8 Å². The van der Waals surface area contributed by atoms with Gasteiger partial charge < -0.3 is 15.0 Å². The molecule has 0 spiro atoms. The molecule has 0 radical (unpaired) electrons. The van der Waals surface area contributed by atoms with E-state index < -0.39 is 0 Å². The van der Waals surface area contributed by atoms with Crippen LogP contribution >= 0.6 is 0 Å². The van der Waals surface area contributed by atoms with Crippen LogP contribution in [0.3, 0.4) is 0 Å². The Morgan fingerprint density at radius 2 is 2.10 bits per heavy atom. The van der Waals surface area contributed by atoms with Gasteiger partial charge >= 0.3 is 0 Å². The Morgan fingerprint density at radius 1 is 1.24 bits per heavy atom. The first-order valence-electron chi connectivity index (χ1n) is 7.75. The first-order valence-corrected chi connectivity index (χ1v) is 7.75. The van der Waals surface area contributed by atoms with Crippen molar-refractivity contribution in [3.63, 3.8) is 0 Å². The van der Waals surface area contributed by atoms with E-state index in [-0.39, 0.29) is 0 Å². The van der Waals surface area contributed by atoms with Gasteiger partial charge in [-0.1, -0.05) is 30.3 Å². The Balaban J connectivity index is 1.75. The Kier molecular flexibility index (Phi) is 4.42. The summed E-state index contributed by atoms with van der Waals surface area (Å²) in [5.41, 5.74) is 1.26. The molecule has 0 amide bonds. The van der Waals surface area contributed by atoms with E-state index in [1.54, 1.807) is 7.11 Å². The maximum atomic E-state index is 5.55. The average Bonchev–Trinajstić information content (AvgIpc) is 2.93. The first kappa shape index (κ1) is 14.4. The highest BCUT2D eigenvalue weighted by Crippen LogP contribution is 2.27. The summed E-state index contributed by atoms with van der Waals surface area (Å²) in [6.07, 6.45) is 2.62. The Labute approximate surface area is 126 Å². The van der Waals surface area contributed by atoms with Crippen LogP contribution in [0.5, 0.6) is 5.75 Å². The summed E-state index contributed by atoms with van der Waals surface area (Å²) >= 11 is 0. The van der Waals surface area contributed by atoms with Gasteiger partial charge in [-0.25, -0.2) is 0 Å². The number of hydrogen-bond donors (Lipinski definition) is 1. The van der Waals surface area contributed by atoms with Gasteiger partial charge in [0, 0.05) is 24.7 Å². The summed E-state index contributed by atoms with van der Waals surface area (Å²) < 4.78 is 5.55. The molecule has 0 bridgehead atoms. The molecule has 3 rings (SSSR count). The van der Waals surface area contributed by atoms with Crippen LogP contribution in [-0.4, -0.2) is 38.2 Å². The van der Waals surface area contributed by atoms with Crippen LogP contribution in [0.4, 0.5) is 0 Å². The smallest absolute Gasteiger partial charge is 0.123 e. The standard InChI is InChI=1S/C18H24N2O/c1-20-11-5-7-15(20)12-19-13-17-16-8-4-3-6-14(16)9-10-18(17)21-2/h3-4,6,8-10,15,19H,5,7,11-13H2,1-2H3. The number of likely N-dealkylation sites (tertiary alicyclic amines) is 1. The Bertz CT molecular complexity index is 611. The fourth-order valence-electron chi connectivity index (χ4n) is 3.29. The van der Waals surface area contributed by atoms with Gasteiger partial charge in [0.25, 0.3) is 0 Å². The van der Waals surface area contributed by atoms with Crippen molar-refractivity contribution in [2.75, 3.05) is 27.2 Å². The van der Waals surface area contributed by atoms with E-state index in [4.69, 9.17) is 4.74 Å². The minimum absolute atomic E-state index is 0.672. The highest BCUT2D eigenvalue weighted by molar-refractivity contribution is 5.87. The first-order chi connectivity index (χ1) is 10.3. The van der Waals surface area contributed by atoms with Gasteiger partial charge in [-0.15, -0.1) is 0 Å². The summed E-state index contributed by atoms with van der Waals surface area (Å²) in [4.78, 5) is 2.45. The minimum atomic E-state index is 0.672. The van der Waals surface area contributed by atoms with Crippen LogP contribution in [-0.2, 0) is 6.54 Å². The van der Waals surface area contributed by atoms with Crippen LogP contribution < -0.4 is 10.1 Å². The second kappa shape index (κ2) is 6.46. The third-order valence-electron chi connectivity index (χ3n) is 4.57. The molecule has 1 heterocycles. The molecule has 0 aliphatic carbocycles. The van der Waals surface area contributed by atoms with Crippen molar-refractivity contribution in [1.82, 2.24) is 10.2 Å². The third-order valence-corrected chi connectivity index (χ3v) is 4.57. The van der Waals surface area contributed by atoms with Gasteiger partial charge in [0.15, 0.2) is 0 Å². The zero-order valence-corrected chi connectivity index (χ0v) is 12.9. The summed E-state index contributed by atoms with van der Waals surface area (Å²) in [7, 11) is 3.97. The van der Waals surface area contributed by atoms with Gasteiger partial charge in [0.1, 0.15) is 5.75 Å². The summed E-state index contributed by atoms with van der Waals surface area (Å²) in [6.45, 7) is 3.13. The molecule has 1 aliphatic rings. The molecule has 3 nitrogen and oxygen atoms in total. The molecule has 1 unspecified atom stereocenters. The number of likely N-dealkylation sites (N-methyl/N-ethyl adjacent to an activating group) is 1. The molecule has 1 fully saturated rings. The molecule has 2 aromatic carbocycles. The topological polar surface area (TPSA) is 24.5 Å². The highest BCUT2D eigenvalue weighted by atomic mass is 16.5.